The van der Waals surface area contributed by atoms with Crippen molar-refractivity contribution < 1.29 is 4.79 Å². The molecule has 0 aliphatic carbocycles. The molecule has 1 N–H and O–H groups in total. The number of aromatic nitrogens is 4. The number of amides is 1. The van der Waals surface area contributed by atoms with Gasteiger partial charge in [0.25, 0.3) is 0 Å². The van der Waals surface area contributed by atoms with Gasteiger partial charge >= 0.3 is 0 Å². The van der Waals surface area contributed by atoms with E-state index in [2.05, 4.69) is 22.5 Å². The molecular formula is C27H23N5O2. The molecule has 7 nitrogen and oxygen atoms in total. The Labute approximate surface area is 196 Å². The van der Waals surface area contributed by atoms with E-state index in [4.69, 9.17) is 5.10 Å². The Kier molecular flexibility index (Phi) is 5.99. The van der Waals surface area contributed by atoms with Gasteiger partial charge in [0, 0.05) is 29.3 Å². The first-order chi connectivity index (χ1) is 16.7. The van der Waals surface area contributed by atoms with Crippen LogP contribution in [0.2, 0.25) is 0 Å². The van der Waals surface area contributed by atoms with Crippen LogP contribution in [-0.4, -0.2) is 25.5 Å². The van der Waals surface area contributed by atoms with E-state index in [0.29, 0.717) is 24.0 Å². The summed E-state index contributed by atoms with van der Waals surface area (Å²) in [7, 11) is 0. The summed E-state index contributed by atoms with van der Waals surface area (Å²) in [6.45, 7) is 0.984. The SMILES string of the molecule is O=C(Cn1ncc(=O)c2ccccc21)NCc1cn(Cc2ccccc2)nc1-c1ccccc1. The molecular weight excluding hydrogens is 426 g/mol. The largest absolute Gasteiger partial charge is 0.350 e. The summed E-state index contributed by atoms with van der Waals surface area (Å²) in [4.78, 5) is 24.8. The summed E-state index contributed by atoms with van der Waals surface area (Å²) in [5.74, 6) is -0.198. The fraction of sp³-hybridized carbons (Fsp3) is 0.111. The number of rotatable bonds is 7. The fourth-order valence-electron chi connectivity index (χ4n) is 3.96. The molecule has 0 aliphatic heterocycles. The quantitative estimate of drug-likeness (QED) is 0.411. The van der Waals surface area contributed by atoms with Crippen molar-refractivity contribution >= 4 is 16.8 Å². The van der Waals surface area contributed by atoms with Crippen LogP contribution in [-0.2, 0) is 24.4 Å². The molecule has 0 saturated heterocycles. The van der Waals surface area contributed by atoms with Crippen molar-refractivity contribution in [1.82, 2.24) is 24.9 Å². The molecule has 0 aliphatic rings. The number of para-hydroxylation sites is 1. The maximum atomic E-state index is 12.8. The first kappa shape index (κ1) is 21.3. The first-order valence-electron chi connectivity index (χ1n) is 11.0. The van der Waals surface area contributed by atoms with E-state index < -0.39 is 0 Å². The molecule has 2 heterocycles. The number of nitrogens with one attached hydrogen (secondary N) is 1. The molecule has 0 atom stereocenters. The Hall–Kier alpha value is -4.52. The van der Waals surface area contributed by atoms with Gasteiger partial charge < -0.3 is 5.32 Å². The predicted molar refractivity (Wildman–Crippen MR) is 131 cm³/mol. The van der Waals surface area contributed by atoms with Gasteiger partial charge in [-0.3, -0.25) is 19.0 Å². The van der Waals surface area contributed by atoms with Gasteiger partial charge in [0.1, 0.15) is 6.54 Å². The maximum Gasteiger partial charge on any atom is 0.242 e. The molecule has 0 saturated carbocycles. The van der Waals surface area contributed by atoms with Gasteiger partial charge in [0.15, 0.2) is 0 Å². The highest BCUT2D eigenvalue weighted by atomic mass is 16.2. The lowest BCUT2D eigenvalue weighted by Gasteiger charge is -2.10. The van der Waals surface area contributed by atoms with Crippen LogP contribution in [0.3, 0.4) is 0 Å². The number of carbonyl (C=O) groups excluding carboxylic acids is 1. The number of nitrogens with zero attached hydrogens (tertiary/aromatic N) is 4. The van der Waals surface area contributed by atoms with E-state index in [1.165, 1.54) is 6.20 Å². The number of hydrogen-bond acceptors (Lipinski definition) is 4. The molecule has 1 amide bonds. The van der Waals surface area contributed by atoms with Crippen LogP contribution >= 0.6 is 0 Å². The zero-order valence-electron chi connectivity index (χ0n) is 18.5. The van der Waals surface area contributed by atoms with Crippen molar-refractivity contribution in [3.05, 3.63) is 119 Å². The fourth-order valence-corrected chi connectivity index (χ4v) is 3.96. The number of carbonyl (C=O) groups is 1. The van der Waals surface area contributed by atoms with Crippen LogP contribution in [0, 0.1) is 0 Å². The van der Waals surface area contributed by atoms with Crippen molar-refractivity contribution in [3.8, 4) is 11.3 Å². The Morgan fingerprint density at radius 1 is 0.882 bits per heavy atom. The number of hydrogen-bond donors (Lipinski definition) is 1. The van der Waals surface area contributed by atoms with E-state index in [1.54, 1.807) is 22.9 Å². The summed E-state index contributed by atoms with van der Waals surface area (Å²) in [5, 5.41) is 12.5. The summed E-state index contributed by atoms with van der Waals surface area (Å²) >= 11 is 0. The second-order valence-electron chi connectivity index (χ2n) is 8.01. The van der Waals surface area contributed by atoms with Gasteiger partial charge in [-0.25, -0.2) is 0 Å². The Morgan fingerprint density at radius 3 is 2.38 bits per heavy atom. The lowest BCUT2D eigenvalue weighted by molar-refractivity contribution is -0.121. The smallest absolute Gasteiger partial charge is 0.242 e. The molecule has 5 aromatic rings. The van der Waals surface area contributed by atoms with E-state index in [1.807, 2.05) is 65.5 Å². The third-order valence-electron chi connectivity index (χ3n) is 5.60. The zero-order valence-corrected chi connectivity index (χ0v) is 18.5. The monoisotopic (exact) mass is 449 g/mol. The van der Waals surface area contributed by atoms with E-state index in [9.17, 15) is 9.59 Å². The number of fused-ring (bicyclic) bond motifs is 1. The molecule has 0 radical (unpaired) electrons. The van der Waals surface area contributed by atoms with Crippen LogP contribution in [0.5, 0.6) is 0 Å². The Bertz CT molecular complexity index is 1490. The summed E-state index contributed by atoms with van der Waals surface area (Å²) in [6, 6.07) is 27.2. The average molecular weight is 450 g/mol. The average Bonchev–Trinajstić information content (AvgIpc) is 3.28. The lowest BCUT2D eigenvalue weighted by Crippen LogP contribution is -2.28. The van der Waals surface area contributed by atoms with Crippen molar-refractivity contribution in [1.29, 1.82) is 0 Å². The molecule has 7 heteroatoms. The predicted octanol–water partition coefficient (Wildman–Crippen LogP) is 3.62. The van der Waals surface area contributed by atoms with Crippen molar-refractivity contribution in [2.45, 2.75) is 19.6 Å². The van der Waals surface area contributed by atoms with Crippen LogP contribution in [0.1, 0.15) is 11.1 Å². The molecule has 168 valence electrons. The van der Waals surface area contributed by atoms with Gasteiger partial charge in [-0.15, -0.1) is 0 Å². The summed E-state index contributed by atoms with van der Waals surface area (Å²) < 4.78 is 3.44. The molecule has 0 bridgehead atoms. The zero-order chi connectivity index (χ0) is 23.3. The van der Waals surface area contributed by atoms with Crippen LogP contribution in [0.25, 0.3) is 22.2 Å². The highest BCUT2D eigenvalue weighted by Gasteiger charge is 2.14. The van der Waals surface area contributed by atoms with Gasteiger partial charge in [-0.2, -0.15) is 10.2 Å². The van der Waals surface area contributed by atoms with E-state index in [-0.39, 0.29) is 17.9 Å². The van der Waals surface area contributed by atoms with Crippen molar-refractivity contribution in [2.24, 2.45) is 0 Å². The minimum Gasteiger partial charge on any atom is -0.350 e. The van der Waals surface area contributed by atoms with Crippen molar-refractivity contribution in [3.63, 3.8) is 0 Å². The molecule has 0 unspecified atom stereocenters. The lowest BCUT2D eigenvalue weighted by atomic mass is 10.1. The third kappa shape index (κ3) is 4.63. The standard InChI is InChI=1S/C27H23N5O2/c33-25-16-29-32(24-14-8-7-13-23(24)25)19-26(34)28-15-22-18-31(17-20-9-3-1-4-10-20)30-27(22)21-11-5-2-6-12-21/h1-14,16,18H,15,17,19H2,(H,28,34). The minimum absolute atomic E-state index is 0.0135. The molecule has 3 aromatic carbocycles. The number of benzene rings is 3. The van der Waals surface area contributed by atoms with Crippen molar-refractivity contribution in [2.75, 3.05) is 0 Å². The summed E-state index contributed by atoms with van der Waals surface area (Å²) in [5.41, 5.74) is 4.37. The molecule has 0 spiro atoms. The molecule has 2 aromatic heterocycles. The van der Waals surface area contributed by atoms with Gasteiger partial charge in [-0.1, -0.05) is 72.8 Å². The van der Waals surface area contributed by atoms with Crippen LogP contribution in [0.4, 0.5) is 0 Å². The minimum atomic E-state index is -0.198. The Morgan fingerprint density at radius 2 is 1.59 bits per heavy atom. The highest BCUT2D eigenvalue weighted by Crippen LogP contribution is 2.22. The van der Waals surface area contributed by atoms with Gasteiger partial charge in [0.05, 0.1) is 24.0 Å². The van der Waals surface area contributed by atoms with Gasteiger partial charge in [0.2, 0.25) is 11.3 Å². The molecule has 34 heavy (non-hydrogen) atoms. The van der Waals surface area contributed by atoms with E-state index in [0.717, 1.165) is 22.4 Å². The first-order valence-corrected chi connectivity index (χ1v) is 11.0. The van der Waals surface area contributed by atoms with Gasteiger partial charge in [-0.05, 0) is 17.7 Å². The van der Waals surface area contributed by atoms with E-state index >= 15 is 0 Å². The topological polar surface area (TPSA) is 81.8 Å². The summed E-state index contributed by atoms with van der Waals surface area (Å²) in [6.07, 6.45) is 3.22. The second-order valence-corrected chi connectivity index (χ2v) is 8.01. The molecule has 0 fully saturated rings. The second kappa shape index (κ2) is 9.54. The third-order valence-corrected chi connectivity index (χ3v) is 5.60. The molecule has 5 rings (SSSR count). The Balaban J connectivity index is 1.36. The van der Waals surface area contributed by atoms with Crippen LogP contribution in [0.15, 0.2) is 102 Å². The highest BCUT2D eigenvalue weighted by molar-refractivity contribution is 5.81. The normalized spacial score (nSPS) is 10.9. The maximum absolute atomic E-state index is 12.8. The van der Waals surface area contributed by atoms with Crippen LogP contribution < -0.4 is 10.7 Å².